The molecule has 37 heavy (non-hydrogen) atoms. The summed E-state index contributed by atoms with van der Waals surface area (Å²) in [5, 5.41) is 7.26. The summed E-state index contributed by atoms with van der Waals surface area (Å²) in [5.74, 6) is -2.58. The number of ether oxygens (including phenoxy) is 1. The van der Waals surface area contributed by atoms with E-state index in [0.717, 1.165) is 18.2 Å². The van der Waals surface area contributed by atoms with E-state index >= 15 is 0 Å². The van der Waals surface area contributed by atoms with Crippen molar-refractivity contribution in [3.05, 3.63) is 65.7 Å². The van der Waals surface area contributed by atoms with E-state index in [-0.39, 0.29) is 5.69 Å². The van der Waals surface area contributed by atoms with Crippen LogP contribution in [0.4, 0.5) is 23.7 Å². The van der Waals surface area contributed by atoms with Gasteiger partial charge in [0.1, 0.15) is 12.1 Å². The summed E-state index contributed by atoms with van der Waals surface area (Å²) < 4.78 is 44.6. The van der Waals surface area contributed by atoms with Gasteiger partial charge in [0.25, 0.3) is 11.8 Å². The lowest BCUT2D eigenvalue weighted by Gasteiger charge is -2.23. The molecule has 0 saturated carbocycles. The van der Waals surface area contributed by atoms with Gasteiger partial charge in [0.15, 0.2) is 6.61 Å². The number of carbonyl (C=O) groups is 4. The Hall–Kier alpha value is -4.22. The Bertz CT molecular complexity index is 1200. The van der Waals surface area contributed by atoms with Crippen molar-refractivity contribution in [2.45, 2.75) is 38.4 Å². The number of hydrogen-bond acceptors (Lipinski definition) is 6. The first-order chi connectivity index (χ1) is 17.5. The second-order valence-corrected chi connectivity index (χ2v) is 8.18. The lowest BCUT2D eigenvalue weighted by molar-refractivity contribution is -0.150. The molecule has 1 N–H and O–H groups in total. The molecule has 3 rings (SSSR count). The van der Waals surface area contributed by atoms with E-state index < -0.39 is 54.2 Å². The zero-order valence-electron chi connectivity index (χ0n) is 20.1. The fraction of sp³-hybridized carbons (Fsp3) is 0.320. The molecule has 0 radical (unpaired) electrons. The Labute approximate surface area is 210 Å². The molecule has 0 atom stereocenters. The fourth-order valence-corrected chi connectivity index (χ4v) is 3.68. The molecule has 1 aliphatic rings. The maximum Gasteiger partial charge on any atom is 0.416 e. The number of benzene rings is 2. The van der Waals surface area contributed by atoms with E-state index in [0.29, 0.717) is 28.3 Å². The number of hydrazone groups is 1. The topological polar surface area (TPSA) is 108 Å². The molecule has 2 aromatic carbocycles. The first-order valence-corrected chi connectivity index (χ1v) is 11.4. The van der Waals surface area contributed by atoms with E-state index in [1.807, 2.05) is 0 Å². The van der Waals surface area contributed by atoms with Gasteiger partial charge in [-0.05, 0) is 36.6 Å². The number of hydrogen-bond donors (Lipinski definition) is 1. The number of halogens is 3. The predicted octanol–water partition coefficient (Wildman–Crippen LogP) is 3.73. The van der Waals surface area contributed by atoms with Crippen molar-refractivity contribution in [3.8, 4) is 0 Å². The van der Waals surface area contributed by atoms with Gasteiger partial charge in [-0.25, -0.2) is 4.79 Å². The largest absolute Gasteiger partial charge is 0.454 e. The minimum Gasteiger partial charge on any atom is -0.454 e. The number of anilines is 1. The summed E-state index contributed by atoms with van der Waals surface area (Å²) in [6, 6.07) is 11.7. The van der Waals surface area contributed by atoms with Gasteiger partial charge in [0, 0.05) is 0 Å². The number of nitrogens with zero attached hydrogens (tertiary/aromatic N) is 3. The number of imide groups is 1. The highest BCUT2D eigenvalue weighted by Gasteiger charge is 2.49. The Kier molecular flexibility index (Phi) is 8.31. The van der Waals surface area contributed by atoms with Crippen LogP contribution in [0.5, 0.6) is 0 Å². The number of nitrogens with one attached hydrogen (secondary N) is 1. The smallest absolute Gasteiger partial charge is 0.416 e. The number of amides is 4. The zero-order valence-corrected chi connectivity index (χ0v) is 20.1. The molecule has 2 aromatic rings. The molecule has 196 valence electrons. The van der Waals surface area contributed by atoms with Crippen LogP contribution in [0.2, 0.25) is 0 Å². The van der Waals surface area contributed by atoms with Crippen molar-refractivity contribution in [3.63, 3.8) is 0 Å². The van der Waals surface area contributed by atoms with Gasteiger partial charge in [-0.3, -0.25) is 19.3 Å². The number of urea groups is 1. The monoisotopic (exact) mass is 518 g/mol. The minimum atomic E-state index is -4.66. The maximum absolute atomic E-state index is 13.2. The molecule has 0 bridgehead atoms. The van der Waals surface area contributed by atoms with Crippen LogP contribution in [0, 0.1) is 0 Å². The molecule has 0 aliphatic carbocycles. The van der Waals surface area contributed by atoms with E-state index in [9.17, 15) is 32.3 Å². The first kappa shape index (κ1) is 27.4. The molecule has 12 heteroatoms. The predicted molar refractivity (Wildman–Crippen MR) is 127 cm³/mol. The van der Waals surface area contributed by atoms with Crippen LogP contribution in [0.3, 0.4) is 0 Å². The molecule has 0 spiro atoms. The van der Waals surface area contributed by atoms with E-state index in [1.165, 1.54) is 12.3 Å². The van der Waals surface area contributed by atoms with Crippen LogP contribution in [0.15, 0.2) is 59.7 Å². The maximum atomic E-state index is 13.2. The van der Waals surface area contributed by atoms with Crippen molar-refractivity contribution in [1.82, 2.24) is 10.2 Å². The number of esters is 1. The van der Waals surface area contributed by atoms with Crippen LogP contribution in [-0.2, 0) is 25.3 Å². The van der Waals surface area contributed by atoms with Crippen LogP contribution < -0.4 is 10.3 Å². The number of rotatable bonds is 9. The molecular weight excluding hydrogens is 493 g/mol. The average Bonchev–Trinajstić information content (AvgIpc) is 3.12. The van der Waals surface area contributed by atoms with Gasteiger partial charge in [-0.2, -0.15) is 23.3 Å². The lowest BCUT2D eigenvalue weighted by Crippen LogP contribution is -2.46. The van der Waals surface area contributed by atoms with E-state index in [2.05, 4.69) is 10.4 Å². The molecule has 4 amide bonds. The van der Waals surface area contributed by atoms with Crippen molar-refractivity contribution in [2.24, 2.45) is 5.10 Å². The quantitative estimate of drug-likeness (QED) is 0.236. The Balaban J connectivity index is 1.75. The SMILES string of the molecule is CCC1(CC)NC(=O)N(CC(=O)OCC(=O)N(/N=C\c2ccccc2)c2cccc(C(F)(F)F)c2)C1=O. The fourth-order valence-electron chi connectivity index (χ4n) is 3.68. The van der Waals surface area contributed by atoms with Crippen LogP contribution in [-0.4, -0.2) is 53.6 Å². The molecule has 1 fully saturated rings. The summed E-state index contributed by atoms with van der Waals surface area (Å²) >= 11 is 0. The second-order valence-electron chi connectivity index (χ2n) is 8.18. The minimum absolute atomic E-state index is 0.201. The molecule has 0 unspecified atom stereocenters. The summed E-state index contributed by atoms with van der Waals surface area (Å²) in [4.78, 5) is 50.8. The van der Waals surface area contributed by atoms with E-state index in [4.69, 9.17) is 4.74 Å². The average molecular weight is 518 g/mol. The van der Waals surface area contributed by atoms with Gasteiger partial charge >= 0.3 is 18.2 Å². The van der Waals surface area contributed by atoms with Gasteiger partial charge in [0.2, 0.25) is 0 Å². The molecular formula is C25H25F3N4O5. The summed E-state index contributed by atoms with van der Waals surface area (Å²) in [7, 11) is 0. The second kappa shape index (κ2) is 11.2. The van der Waals surface area contributed by atoms with Crippen molar-refractivity contribution >= 4 is 35.7 Å². The molecule has 1 heterocycles. The van der Waals surface area contributed by atoms with Crippen LogP contribution >= 0.6 is 0 Å². The highest BCUT2D eigenvalue weighted by Crippen LogP contribution is 2.32. The van der Waals surface area contributed by atoms with Crippen molar-refractivity contribution in [2.75, 3.05) is 18.2 Å². The Morgan fingerprint density at radius 2 is 1.76 bits per heavy atom. The summed E-state index contributed by atoms with van der Waals surface area (Å²) in [6.45, 7) is 1.83. The highest BCUT2D eigenvalue weighted by molar-refractivity contribution is 6.08. The van der Waals surface area contributed by atoms with Gasteiger partial charge in [0.05, 0.1) is 17.5 Å². The Morgan fingerprint density at radius 3 is 2.35 bits per heavy atom. The first-order valence-electron chi connectivity index (χ1n) is 11.4. The normalized spacial score (nSPS) is 15.1. The summed E-state index contributed by atoms with van der Waals surface area (Å²) in [5.41, 5.74) is -1.74. The van der Waals surface area contributed by atoms with Crippen molar-refractivity contribution < 1.29 is 37.1 Å². The molecule has 9 nitrogen and oxygen atoms in total. The third-order valence-electron chi connectivity index (χ3n) is 5.87. The standard InChI is InChI=1S/C25H25F3N4O5/c1-3-24(4-2)22(35)31(23(36)30-24)15-21(34)37-16-20(33)32(29-14-17-9-6-5-7-10-17)19-12-8-11-18(13-19)25(26,27)28/h5-14H,3-4,15-16H2,1-2H3,(H,30,36)/b29-14-. The number of alkyl halides is 3. The van der Waals surface area contributed by atoms with Gasteiger partial charge in [-0.15, -0.1) is 0 Å². The third-order valence-corrected chi connectivity index (χ3v) is 5.87. The molecule has 0 aromatic heterocycles. The molecule has 1 saturated heterocycles. The van der Waals surface area contributed by atoms with Crippen LogP contribution in [0.25, 0.3) is 0 Å². The van der Waals surface area contributed by atoms with E-state index in [1.54, 1.807) is 44.2 Å². The van der Waals surface area contributed by atoms with Crippen LogP contribution in [0.1, 0.15) is 37.8 Å². The Morgan fingerprint density at radius 1 is 1.08 bits per heavy atom. The van der Waals surface area contributed by atoms with Gasteiger partial charge in [-0.1, -0.05) is 50.2 Å². The zero-order chi connectivity index (χ0) is 27.2. The number of carbonyl (C=O) groups excluding carboxylic acids is 4. The summed E-state index contributed by atoms with van der Waals surface area (Å²) in [6.07, 6.45) is -2.75. The van der Waals surface area contributed by atoms with Crippen molar-refractivity contribution in [1.29, 1.82) is 0 Å². The third kappa shape index (κ3) is 6.32. The highest BCUT2D eigenvalue weighted by atomic mass is 19.4. The molecule has 1 aliphatic heterocycles. The van der Waals surface area contributed by atoms with Gasteiger partial charge < -0.3 is 10.1 Å². The lowest BCUT2D eigenvalue weighted by atomic mass is 9.93.